The van der Waals surface area contributed by atoms with E-state index < -0.39 is 0 Å². The predicted molar refractivity (Wildman–Crippen MR) is 99.8 cm³/mol. The van der Waals surface area contributed by atoms with E-state index >= 15 is 0 Å². The van der Waals surface area contributed by atoms with Gasteiger partial charge in [-0.15, -0.1) is 0 Å². The average molecular weight is 356 g/mol. The number of benzene rings is 2. The van der Waals surface area contributed by atoms with Gasteiger partial charge < -0.3 is 14.2 Å². The molecule has 0 N–H and O–H groups in total. The van der Waals surface area contributed by atoms with E-state index in [4.69, 9.17) is 14.2 Å². The third kappa shape index (κ3) is 5.62. The molecule has 0 radical (unpaired) electrons. The van der Waals surface area contributed by atoms with Gasteiger partial charge in [0.15, 0.2) is 11.5 Å². The van der Waals surface area contributed by atoms with Gasteiger partial charge in [0.25, 0.3) is 0 Å². The van der Waals surface area contributed by atoms with Crippen molar-refractivity contribution in [3.63, 3.8) is 0 Å². The van der Waals surface area contributed by atoms with Gasteiger partial charge in [0.05, 0.1) is 20.3 Å². The molecule has 5 heteroatoms. The quantitative estimate of drug-likeness (QED) is 0.445. The van der Waals surface area contributed by atoms with Crippen molar-refractivity contribution < 1.29 is 23.8 Å². The SMILES string of the molecule is COc1cc(C=O)ccc1OCCCCCOc1ccc(C=O)cc1C. The normalized spacial score (nSPS) is 10.2. The number of aryl methyl sites for hydroxylation is 1. The molecular weight excluding hydrogens is 332 g/mol. The van der Waals surface area contributed by atoms with Gasteiger partial charge in [0.1, 0.15) is 18.3 Å². The first-order chi connectivity index (χ1) is 12.7. The molecule has 0 aliphatic carbocycles. The van der Waals surface area contributed by atoms with Gasteiger partial charge in [-0.1, -0.05) is 0 Å². The van der Waals surface area contributed by atoms with Gasteiger partial charge in [-0.05, 0) is 68.1 Å². The zero-order chi connectivity index (χ0) is 18.8. The summed E-state index contributed by atoms with van der Waals surface area (Å²) in [5.74, 6) is 2.01. The van der Waals surface area contributed by atoms with E-state index in [-0.39, 0.29) is 0 Å². The third-order valence-corrected chi connectivity index (χ3v) is 3.96. The van der Waals surface area contributed by atoms with Crippen molar-refractivity contribution in [2.45, 2.75) is 26.2 Å². The molecule has 0 saturated heterocycles. The summed E-state index contributed by atoms with van der Waals surface area (Å²) in [5.41, 5.74) is 2.18. The van der Waals surface area contributed by atoms with E-state index in [0.29, 0.717) is 35.8 Å². The summed E-state index contributed by atoms with van der Waals surface area (Å²) in [6.45, 7) is 3.13. The Bertz CT molecular complexity index is 739. The third-order valence-electron chi connectivity index (χ3n) is 3.96. The van der Waals surface area contributed by atoms with Crippen LogP contribution in [0.15, 0.2) is 36.4 Å². The van der Waals surface area contributed by atoms with Crippen molar-refractivity contribution >= 4 is 12.6 Å². The lowest BCUT2D eigenvalue weighted by atomic mass is 10.1. The number of hydrogen-bond donors (Lipinski definition) is 0. The Morgan fingerprint density at radius 1 is 0.769 bits per heavy atom. The Morgan fingerprint density at radius 3 is 1.92 bits per heavy atom. The molecule has 0 aliphatic heterocycles. The van der Waals surface area contributed by atoms with E-state index in [1.54, 1.807) is 31.4 Å². The number of hydrogen-bond acceptors (Lipinski definition) is 5. The van der Waals surface area contributed by atoms with Crippen molar-refractivity contribution in [3.05, 3.63) is 53.1 Å². The maximum Gasteiger partial charge on any atom is 0.161 e. The Balaban J connectivity index is 1.67. The molecule has 2 aromatic rings. The summed E-state index contributed by atoms with van der Waals surface area (Å²) in [6, 6.07) is 10.5. The molecule has 0 heterocycles. The second-order valence-corrected chi connectivity index (χ2v) is 5.93. The van der Waals surface area contributed by atoms with E-state index in [1.165, 1.54) is 0 Å². The zero-order valence-electron chi connectivity index (χ0n) is 15.2. The molecule has 5 nitrogen and oxygen atoms in total. The van der Waals surface area contributed by atoms with Crippen LogP contribution in [0.5, 0.6) is 17.2 Å². The highest BCUT2D eigenvalue weighted by Gasteiger charge is 2.05. The lowest BCUT2D eigenvalue weighted by Gasteiger charge is -2.11. The molecule has 0 aliphatic rings. The van der Waals surface area contributed by atoms with Crippen LogP contribution in [0.1, 0.15) is 45.5 Å². The number of ether oxygens (including phenoxy) is 3. The summed E-state index contributed by atoms with van der Waals surface area (Å²) < 4.78 is 16.7. The molecule has 0 aromatic heterocycles. The smallest absolute Gasteiger partial charge is 0.161 e. The van der Waals surface area contributed by atoms with Crippen LogP contribution >= 0.6 is 0 Å². The van der Waals surface area contributed by atoms with Crippen LogP contribution in [0.2, 0.25) is 0 Å². The molecule has 0 bridgehead atoms. The van der Waals surface area contributed by atoms with Crippen LogP contribution in [0.25, 0.3) is 0 Å². The Kier molecular flexibility index (Phi) is 7.68. The van der Waals surface area contributed by atoms with Crippen molar-refractivity contribution in [1.82, 2.24) is 0 Å². The van der Waals surface area contributed by atoms with Crippen molar-refractivity contribution in [1.29, 1.82) is 0 Å². The lowest BCUT2D eigenvalue weighted by Crippen LogP contribution is -2.03. The maximum absolute atomic E-state index is 10.8. The fourth-order valence-electron chi connectivity index (χ4n) is 2.53. The Hall–Kier alpha value is -2.82. The molecule has 0 saturated carbocycles. The van der Waals surface area contributed by atoms with Crippen molar-refractivity contribution in [2.75, 3.05) is 20.3 Å². The van der Waals surface area contributed by atoms with Gasteiger partial charge >= 0.3 is 0 Å². The zero-order valence-corrected chi connectivity index (χ0v) is 15.2. The summed E-state index contributed by atoms with van der Waals surface area (Å²) in [6.07, 6.45) is 4.39. The van der Waals surface area contributed by atoms with Crippen molar-refractivity contribution in [3.8, 4) is 17.2 Å². The summed E-state index contributed by atoms with van der Waals surface area (Å²) in [7, 11) is 1.55. The van der Waals surface area contributed by atoms with Gasteiger partial charge in [0, 0.05) is 11.1 Å². The van der Waals surface area contributed by atoms with E-state index in [9.17, 15) is 9.59 Å². The minimum atomic E-state index is 0.558. The first kappa shape index (κ1) is 19.5. The van der Waals surface area contributed by atoms with E-state index in [1.807, 2.05) is 19.1 Å². The van der Waals surface area contributed by atoms with Crippen molar-refractivity contribution in [2.24, 2.45) is 0 Å². The Labute approximate surface area is 153 Å². The minimum absolute atomic E-state index is 0.558. The molecule has 0 amide bonds. The molecule has 2 rings (SSSR count). The molecule has 0 spiro atoms. The molecule has 138 valence electrons. The van der Waals surface area contributed by atoms with Crippen LogP contribution in [0, 0.1) is 6.92 Å². The van der Waals surface area contributed by atoms with Crippen LogP contribution in [0.3, 0.4) is 0 Å². The maximum atomic E-state index is 10.8. The van der Waals surface area contributed by atoms with Gasteiger partial charge in [0.2, 0.25) is 0 Å². The van der Waals surface area contributed by atoms with Crippen LogP contribution in [-0.4, -0.2) is 32.9 Å². The summed E-state index contributed by atoms with van der Waals surface area (Å²) in [5, 5.41) is 0. The molecule has 0 unspecified atom stereocenters. The predicted octanol–water partition coefficient (Wildman–Crippen LogP) is 4.26. The highest BCUT2D eigenvalue weighted by Crippen LogP contribution is 2.27. The highest BCUT2D eigenvalue weighted by atomic mass is 16.5. The molecule has 0 atom stereocenters. The van der Waals surface area contributed by atoms with Crippen LogP contribution in [-0.2, 0) is 0 Å². The molecule has 0 fully saturated rings. The van der Waals surface area contributed by atoms with E-state index in [0.717, 1.165) is 43.1 Å². The van der Waals surface area contributed by atoms with Crippen LogP contribution < -0.4 is 14.2 Å². The van der Waals surface area contributed by atoms with Gasteiger partial charge in [-0.25, -0.2) is 0 Å². The first-order valence-electron chi connectivity index (χ1n) is 8.62. The van der Waals surface area contributed by atoms with Gasteiger partial charge in [-0.2, -0.15) is 0 Å². The number of methoxy groups -OCH3 is 1. The fourth-order valence-corrected chi connectivity index (χ4v) is 2.53. The molecular formula is C21H24O5. The van der Waals surface area contributed by atoms with Crippen LogP contribution in [0.4, 0.5) is 0 Å². The second kappa shape index (κ2) is 10.2. The number of unbranched alkanes of at least 4 members (excludes halogenated alkanes) is 2. The number of carbonyl (C=O) groups is 2. The number of rotatable bonds is 11. The topological polar surface area (TPSA) is 61.8 Å². The average Bonchev–Trinajstić information content (AvgIpc) is 2.68. The summed E-state index contributed by atoms with van der Waals surface area (Å²) in [4.78, 5) is 21.5. The number of aldehydes is 2. The minimum Gasteiger partial charge on any atom is -0.493 e. The first-order valence-corrected chi connectivity index (χ1v) is 8.62. The highest BCUT2D eigenvalue weighted by molar-refractivity contribution is 5.76. The van der Waals surface area contributed by atoms with Gasteiger partial charge in [-0.3, -0.25) is 9.59 Å². The fraction of sp³-hybridized carbons (Fsp3) is 0.333. The lowest BCUT2D eigenvalue weighted by molar-refractivity contribution is 0.111. The standard InChI is InChI=1S/C21H24O5/c1-16-12-17(14-22)6-8-19(16)25-10-4-3-5-11-26-20-9-7-18(15-23)13-21(20)24-2/h6-9,12-15H,3-5,10-11H2,1-2H3. The number of carbonyl (C=O) groups excluding carboxylic acids is 2. The monoisotopic (exact) mass is 356 g/mol. The largest absolute Gasteiger partial charge is 0.493 e. The molecule has 26 heavy (non-hydrogen) atoms. The second-order valence-electron chi connectivity index (χ2n) is 5.93. The molecule has 2 aromatic carbocycles. The Morgan fingerprint density at radius 2 is 1.35 bits per heavy atom. The van der Waals surface area contributed by atoms with E-state index in [2.05, 4.69) is 0 Å². The summed E-state index contributed by atoms with van der Waals surface area (Å²) >= 11 is 0.